The first kappa shape index (κ1) is 19.2. The van der Waals surface area contributed by atoms with Crippen LogP contribution < -0.4 is 4.74 Å². The molecule has 1 heterocycles. The molecule has 0 bridgehead atoms. The molecule has 28 heavy (non-hydrogen) atoms. The summed E-state index contributed by atoms with van der Waals surface area (Å²) in [6, 6.07) is 21.7. The molecule has 2 unspecified atom stereocenters. The number of hydrogen-bond donors (Lipinski definition) is 0. The summed E-state index contributed by atoms with van der Waals surface area (Å²) in [7, 11) is 0. The second-order valence-corrected chi connectivity index (χ2v) is 6.75. The first-order valence-electron chi connectivity index (χ1n) is 9.14. The molecule has 0 amide bonds. The first-order chi connectivity index (χ1) is 13.6. The number of esters is 1. The van der Waals surface area contributed by atoms with E-state index in [1.165, 1.54) is 0 Å². The van der Waals surface area contributed by atoms with Gasteiger partial charge in [0.25, 0.3) is 0 Å². The number of benzene rings is 2. The molecule has 5 nitrogen and oxygen atoms in total. The third-order valence-electron chi connectivity index (χ3n) is 4.31. The maximum Gasteiger partial charge on any atom is 0.331 e. The van der Waals surface area contributed by atoms with Gasteiger partial charge in [0.05, 0.1) is 0 Å². The average Bonchev–Trinajstić information content (AvgIpc) is 3.21. The van der Waals surface area contributed by atoms with Gasteiger partial charge < -0.3 is 14.0 Å². The van der Waals surface area contributed by atoms with Crippen molar-refractivity contribution < 1.29 is 14.3 Å². The van der Waals surface area contributed by atoms with Gasteiger partial charge in [-0.15, -0.1) is 0 Å². The number of nitrogens with zero attached hydrogens (tertiary/aromatic N) is 2. The fraction of sp³-hybridized carbons (Fsp3) is 0.217. The monoisotopic (exact) mass is 374 g/mol. The standard InChI is InChI=1S/C23H22N2O3/c1-17(2)22(25-13-6-7-14-25)23(26)28-21(16-24)18-9-8-12-20(15-18)27-19-10-4-3-5-11-19/h3-15,17,21-22H,1-2H3. The molecular weight excluding hydrogens is 352 g/mol. The van der Waals surface area contributed by atoms with Gasteiger partial charge in [-0.3, -0.25) is 0 Å². The Bertz CT molecular complexity index is 943. The molecular formula is C23H22N2O3. The lowest BCUT2D eigenvalue weighted by Crippen LogP contribution is -2.26. The minimum Gasteiger partial charge on any atom is -0.457 e. The molecule has 0 fully saturated rings. The van der Waals surface area contributed by atoms with E-state index >= 15 is 0 Å². The van der Waals surface area contributed by atoms with E-state index in [9.17, 15) is 10.1 Å². The van der Waals surface area contributed by atoms with Gasteiger partial charge in [-0.2, -0.15) is 5.26 Å². The lowest BCUT2D eigenvalue weighted by atomic mass is 10.0. The molecule has 5 heteroatoms. The van der Waals surface area contributed by atoms with Crippen LogP contribution in [0.4, 0.5) is 0 Å². The summed E-state index contributed by atoms with van der Waals surface area (Å²) in [6.07, 6.45) is 2.63. The first-order valence-corrected chi connectivity index (χ1v) is 9.14. The number of ether oxygens (including phenoxy) is 2. The Morgan fingerprint density at radius 3 is 2.29 bits per heavy atom. The van der Waals surface area contributed by atoms with Crippen LogP contribution >= 0.6 is 0 Å². The van der Waals surface area contributed by atoms with Gasteiger partial charge in [-0.25, -0.2) is 4.79 Å². The zero-order valence-electron chi connectivity index (χ0n) is 15.9. The average molecular weight is 374 g/mol. The smallest absolute Gasteiger partial charge is 0.331 e. The van der Waals surface area contributed by atoms with E-state index < -0.39 is 18.1 Å². The lowest BCUT2D eigenvalue weighted by molar-refractivity contribution is -0.152. The predicted octanol–water partition coefficient (Wildman–Crippen LogP) is 5.29. The van der Waals surface area contributed by atoms with Crippen LogP contribution in [0, 0.1) is 17.2 Å². The summed E-state index contributed by atoms with van der Waals surface area (Å²) < 4.78 is 13.2. The van der Waals surface area contributed by atoms with Crippen molar-refractivity contribution in [2.24, 2.45) is 5.92 Å². The minimum atomic E-state index is -1.01. The van der Waals surface area contributed by atoms with Crippen LogP contribution in [0.15, 0.2) is 79.1 Å². The quantitative estimate of drug-likeness (QED) is 0.527. The van der Waals surface area contributed by atoms with Crippen molar-refractivity contribution in [3.05, 3.63) is 84.7 Å². The molecule has 0 spiro atoms. The molecule has 2 aromatic carbocycles. The second kappa shape index (κ2) is 8.92. The summed E-state index contributed by atoms with van der Waals surface area (Å²) in [4.78, 5) is 12.8. The van der Waals surface area contributed by atoms with Crippen molar-refractivity contribution in [3.8, 4) is 17.6 Å². The highest BCUT2D eigenvalue weighted by Gasteiger charge is 2.28. The zero-order chi connectivity index (χ0) is 19.9. The van der Waals surface area contributed by atoms with E-state index in [1.807, 2.05) is 68.7 Å². The lowest BCUT2D eigenvalue weighted by Gasteiger charge is -2.23. The molecule has 3 aromatic rings. The summed E-state index contributed by atoms with van der Waals surface area (Å²) in [6.45, 7) is 3.89. The largest absolute Gasteiger partial charge is 0.457 e. The van der Waals surface area contributed by atoms with Crippen LogP contribution in [-0.4, -0.2) is 10.5 Å². The summed E-state index contributed by atoms with van der Waals surface area (Å²) in [5.74, 6) is 0.850. The van der Waals surface area contributed by atoms with Gasteiger partial charge in [0.15, 0.2) is 0 Å². The van der Waals surface area contributed by atoms with E-state index in [2.05, 4.69) is 6.07 Å². The van der Waals surface area contributed by atoms with Gasteiger partial charge >= 0.3 is 5.97 Å². The van der Waals surface area contributed by atoms with Crippen LogP contribution in [0.3, 0.4) is 0 Å². The third kappa shape index (κ3) is 4.60. The molecule has 0 radical (unpaired) electrons. The van der Waals surface area contributed by atoms with Gasteiger partial charge in [0.1, 0.15) is 23.6 Å². The number of carbonyl (C=O) groups excluding carboxylic acids is 1. The molecule has 0 saturated carbocycles. The molecule has 142 valence electrons. The number of rotatable bonds is 7. The topological polar surface area (TPSA) is 64.2 Å². The van der Waals surface area contributed by atoms with E-state index in [-0.39, 0.29) is 5.92 Å². The summed E-state index contributed by atoms with van der Waals surface area (Å²) >= 11 is 0. The number of para-hydroxylation sites is 1. The maximum atomic E-state index is 12.8. The maximum absolute atomic E-state index is 12.8. The Balaban J connectivity index is 1.77. The van der Waals surface area contributed by atoms with E-state index in [0.29, 0.717) is 17.1 Å². The fourth-order valence-electron chi connectivity index (χ4n) is 2.99. The summed E-state index contributed by atoms with van der Waals surface area (Å²) in [5.41, 5.74) is 0.569. The Labute approximate surface area is 164 Å². The summed E-state index contributed by atoms with van der Waals surface area (Å²) in [5, 5.41) is 9.59. The molecule has 0 aliphatic rings. The Morgan fingerprint density at radius 2 is 1.64 bits per heavy atom. The van der Waals surface area contributed by atoms with Crippen molar-refractivity contribution in [3.63, 3.8) is 0 Å². The van der Waals surface area contributed by atoms with E-state index in [1.54, 1.807) is 28.8 Å². The molecule has 1 aromatic heterocycles. The van der Waals surface area contributed by atoms with Gasteiger partial charge in [0.2, 0.25) is 6.10 Å². The highest BCUT2D eigenvalue weighted by molar-refractivity contribution is 5.75. The number of aromatic nitrogens is 1. The van der Waals surface area contributed by atoms with E-state index in [4.69, 9.17) is 9.47 Å². The van der Waals surface area contributed by atoms with Crippen LogP contribution in [-0.2, 0) is 9.53 Å². The van der Waals surface area contributed by atoms with Crippen molar-refractivity contribution in [2.45, 2.75) is 26.0 Å². The van der Waals surface area contributed by atoms with Crippen molar-refractivity contribution in [1.82, 2.24) is 4.57 Å². The van der Waals surface area contributed by atoms with Crippen LogP contribution in [0.25, 0.3) is 0 Å². The molecule has 0 aliphatic carbocycles. The van der Waals surface area contributed by atoms with Crippen LogP contribution in [0.2, 0.25) is 0 Å². The van der Waals surface area contributed by atoms with E-state index in [0.717, 1.165) is 0 Å². The SMILES string of the molecule is CC(C)C(C(=O)OC(C#N)c1cccc(Oc2ccccc2)c1)n1cccc1. The van der Waals surface area contributed by atoms with Crippen LogP contribution in [0.5, 0.6) is 11.5 Å². The highest BCUT2D eigenvalue weighted by atomic mass is 16.5. The Morgan fingerprint density at radius 1 is 0.964 bits per heavy atom. The predicted molar refractivity (Wildman–Crippen MR) is 106 cm³/mol. The number of hydrogen-bond acceptors (Lipinski definition) is 4. The van der Waals surface area contributed by atoms with Crippen molar-refractivity contribution in [2.75, 3.05) is 0 Å². The van der Waals surface area contributed by atoms with Crippen molar-refractivity contribution in [1.29, 1.82) is 5.26 Å². The molecule has 0 aliphatic heterocycles. The van der Waals surface area contributed by atoms with Gasteiger partial charge in [-0.05, 0) is 42.3 Å². The molecule has 0 N–H and O–H groups in total. The fourth-order valence-corrected chi connectivity index (χ4v) is 2.99. The minimum absolute atomic E-state index is 0.0204. The Hall–Kier alpha value is -3.52. The second-order valence-electron chi connectivity index (χ2n) is 6.75. The number of carbonyl (C=O) groups is 1. The van der Waals surface area contributed by atoms with Gasteiger partial charge in [0, 0.05) is 18.0 Å². The molecule has 0 saturated heterocycles. The molecule has 3 rings (SSSR count). The Kier molecular flexibility index (Phi) is 6.13. The highest BCUT2D eigenvalue weighted by Crippen LogP contribution is 2.28. The third-order valence-corrected chi connectivity index (χ3v) is 4.31. The normalized spacial score (nSPS) is 12.8. The molecule has 2 atom stereocenters. The zero-order valence-corrected chi connectivity index (χ0v) is 15.9. The van der Waals surface area contributed by atoms with Crippen LogP contribution in [0.1, 0.15) is 31.6 Å². The number of nitriles is 1. The van der Waals surface area contributed by atoms with Gasteiger partial charge in [-0.1, -0.05) is 44.2 Å². The van der Waals surface area contributed by atoms with Crippen molar-refractivity contribution >= 4 is 5.97 Å².